The minimum absolute atomic E-state index is 0.0225. The smallest absolute Gasteiger partial charge is 0.230 e. The molecule has 1 aromatic rings. The van der Waals surface area contributed by atoms with E-state index in [1.165, 1.54) is 5.56 Å². The van der Waals surface area contributed by atoms with Crippen molar-refractivity contribution in [3.63, 3.8) is 0 Å². The first-order valence-corrected chi connectivity index (χ1v) is 7.70. The van der Waals surface area contributed by atoms with Gasteiger partial charge in [0.25, 0.3) is 0 Å². The standard InChI is InChI=1S/C15H17N3OS/c1-2-11-3-5-12(6-4-11)17-14(19)9-13-10-20-15-16-7-8-18(13)15/h3-6,10H,2,7-9H2,1H3,(H,17,19). The van der Waals surface area contributed by atoms with E-state index in [9.17, 15) is 4.79 Å². The summed E-state index contributed by atoms with van der Waals surface area (Å²) in [6, 6.07) is 8.01. The largest absolute Gasteiger partial charge is 0.326 e. The van der Waals surface area contributed by atoms with Crippen LogP contribution in [0.25, 0.3) is 0 Å². The van der Waals surface area contributed by atoms with Gasteiger partial charge in [0.15, 0.2) is 5.17 Å². The Bertz CT molecular complexity index is 577. The molecule has 2 aliphatic rings. The number of carbonyl (C=O) groups is 1. The number of hydrogen-bond acceptors (Lipinski definition) is 4. The zero-order chi connectivity index (χ0) is 13.9. The number of rotatable bonds is 4. The van der Waals surface area contributed by atoms with Crippen LogP contribution < -0.4 is 5.32 Å². The molecule has 1 amide bonds. The Kier molecular flexibility index (Phi) is 3.78. The molecule has 1 N–H and O–H groups in total. The van der Waals surface area contributed by atoms with Crippen molar-refractivity contribution in [3.05, 3.63) is 40.9 Å². The topological polar surface area (TPSA) is 44.7 Å². The van der Waals surface area contributed by atoms with E-state index in [1.807, 2.05) is 29.7 Å². The lowest BCUT2D eigenvalue weighted by atomic mass is 10.1. The molecule has 2 aliphatic heterocycles. The third kappa shape index (κ3) is 2.72. The van der Waals surface area contributed by atoms with Crippen molar-refractivity contribution in [1.82, 2.24) is 4.90 Å². The number of nitrogens with one attached hydrogen (secondary N) is 1. The van der Waals surface area contributed by atoms with Crippen LogP contribution in [-0.4, -0.2) is 29.1 Å². The average Bonchev–Trinajstić information content (AvgIpc) is 3.05. The molecule has 0 unspecified atom stereocenters. The van der Waals surface area contributed by atoms with Gasteiger partial charge in [-0.3, -0.25) is 9.79 Å². The number of nitrogens with zero attached hydrogens (tertiary/aromatic N) is 2. The minimum atomic E-state index is 0.0225. The molecule has 0 saturated carbocycles. The van der Waals surface area contributed by atoms with Gasteiger partial charge in [0.05, 0.1) is 13.0 Å². The fourth-order valence-electron chi connectivity index (χ4n) is 2.31. The molecule has 0 saturated heterocycles. The van der Waals surface area contributed by atoms with Crippen LogP contribution in [-0.2, 0) is 11.2 Å². The summed E-state index contributed by atoms with van der Waals surface area (Å²) >= 11 is 1.61. The van der Waals surface area contributed by atoms with E-state index in [4.69, 9.17) is 0 Å². The highest BCUT2D eigenvalue weighted by atomic mass is 32.2. The minimum Gasteiger partial charge on any atom is -0.326 e. The molecule has 0 spiro atoms. The molecule has 104 valence electrons. The fourth-order valence-corrected chi connectivity index (χ4v) is 3.26. The Hall–Kier alpha value is -1.75. The number of benzene rings is 1. The van der Waals surface area contributed by atoms with Gasteiger partial charge in [-0.05, 0) is 29.5 Å². The number of fused-ring (bicyclic) bond motifs is 1. The van der Waals surface area contributed by atoms with Crippen LogP contribution >= 0.6 is 11.8 Å². The molecular weight excluding hydrogens is 270 g/mol. The predicted octanol–water partition coefficient (Wildman–Crippen LogP) is 2.84. The second-order valence-electron chi connectivity index (χ2n) is 4.82. The molecule has 0 fully saturated rings. The second kappa shape index (κ2) is 5.71. The Labute approximate surface area is 123 Å². The van der Waals surface area contributed by atoms with Crippen LogP contribution in [0.1, 0.15) is 18.9 Å². The normalized spacial score (nSPS) is 16.8. The van der Waals surface area contributed by atoms with E-state index in [0.29, 0.717) is 6.42 Å². The summed E-state index contributed by atoms with van der Waals surface area (Å²) in [7, 11) is 0. The highest BCUT2D eigenvalue weighted by molar-refractivity contribution is 8.16. The van der Waals surface area contributed by atoms with Crippen LogP contribution in [0.2, 0.25) is 0 Å². The van der Waals surface area contributed by atoms with Gasteiger partial charge in [-0.1, -0.05) is 30.8 Å². The molecule has 4 nitrogen and oxygen atoms in total. The van der Waals surface area contributed by atoms with E-state index in [-0.39, 0.29) is 5.91 Å². The first-order valence-electron chi connectivity index (χ1n) is 6.83. The molecule has 0 bridgehead atoms. The van der Waals surface area contributed by atoms with Gasteiger partial charge < -0.3 is 10.2 Å². The fraction of sp³-hybridized carbons (Fsp3) is 0.333. The van der Waals surface area contributed by atoms with Crippen molar-refractivity contribution in [1.29, 1.82) is 0 Å². The number of amidine groups is 1. The van der Waals surface area contributed by atoms with Crippen LogP contribution in [0.4, 0.5) is 5.69 Å². The summed E-state index contributed by atoms with van der Waals surface area (Å²) in [4.78, 5) is 18.6. The Morgan fingerprint density at radius 3 is 2.95 bits per heavy atom. The molecule has 1 aromatic carbocycles. The third-order valence-corrected chi connectivity index (χ3v) is 4.39. The number of thioether (sulfide) groups is 1. The van der Waals surface area contributed by atoms with Gasteiger partial charge >= 0.3 is 0 Å². The van der Waals surface area contributed by atoms with Crippen molar-refractivity contribution < 1.29 is 4.79 Å². The molecule has 2 heterocycles. The van der Waals surface area contributed by atoms with Gasteiger partial charge in [0.2, 0.25) is 5.91 Å². The molecular formula is C15H17N3OS. The third-order valence-electron chi connectivity index (χ3n) is 3.44. The molecule has 0 radical (unpaired) electrons. The van der Waals surface area contributed by atoms with Crippen LogP contribution in [0.5, 0.6) is 0 Å². The predicted molar refractivity (Wildman–Crippen MR) is 83.7 cm³/mol. The summed E-state index contributed by atoms with van der Waals surface area (Å²) in [5, 5.41) is 6.00. The molecule has 0 aliphatic carbocycles. The Balaban J connectivity index is 1.58. The van der Waals surface area contributed by atoms with Crippen molar-refractivity contribution in [3.8, 4) is 0 Å². The zero-order valence-corrected chi connectivity index (χ0v) is 12.2. The quantitative estimate of drug-likeness (QED) is 0.926. The summed E-state index contributed by atoms with van der Waals surface area (Å²) in [6.07, 6.45) is 1.41. The maximum absolute atomic E-state index is 12.1. The van der Waals surface area contributed by atoms with Crippen molar-refractivity contribution in [2.45, 2.75) is 19.8 Å². The van der Waals surface area contributed by atoms with Crippen LogP contribution in [0.3, 0.4) is 0 Å². The number of anilines is 1. The first-order chi connectivity index (χ1) is 9.76. The number of carbonyl (C=O) groups excluding carboxylic acids is 1. The van der Waals surface area contributed by atoms with E-state index in [1.54, 1.807) is 11.8 Å². The molecule has 5 heteroatoms. The van der Waals surface area contributed by atoms with Crippen LogP contribution in [0, 0.1) is 0 Å². The molecule has 0 aromatic heterocycles. The summed E-state index contributed by atoms with van der Waals surface area (Å²) < 4.78 is 0. The van der Waals surface area contributed by atoms with Gasteiger partial charge in [0, 0.05) is 17.9 Å². The monoisotopic (exact) mass is 287 g/mol. The first kappa shape index (κ1) is 13.2. The SMILES string of the molecule is CCc1ccc(NC(=O)CC2=CSC3=NCCN23)cc1. The van der Waals surface area contributed by atoms with Crippen molar-refractivity contribution >= 4 is 28.5 Å². The van der Waals surface area contributed by atoms with Gasteiger partial charge in [-0.25, -0.2) is 0 Å². The van der Waals surface area contributed by atoms with E-state index >= 15 is 0 Å². The summed E-state index contributed by atoms with van der Waals surface area (Å²) in [5.41, 5.74) is 3.18. The maximum Gasteiger partial charge on any atom is 0.230 e. The highest BCUT2D eigenvalue weighted by Gasteiger charge is 2.27. The molecule has 3 rings (SSSR count). The van der Waals surface area contributed by atoms with E-state index in [0.717, 1.165) is 36.1 Å². The zero-order valence-electron chi connectivity index (χ0n) is 11.4. The second-order valence-corrected chi connectivity index (χ2v) is 5.65. The highest BCUT2D eigenvalue weighted by Crippen LogP contribution is 2.30. The van der Waals surface area contributed by atoms with Gasteiger partial charge in [-0.2, -0.15) is 0 Å². The molecule has 0 atom stereocenters. The van der Waals surface area contributed by atoms with Crippen molar-refractivity contribution in [2.75, 3.05) is 18.4 Å². The molecule has 20 heavy (non-hydrogen) atoms. The van der Waals surface area contributed by atoms with E-state index in [2.05, 4.69) is 22.1 Å². The summed E-state index contributed by atoms with van der Waals surface area (Å²) in [5.74, 6) is 0.0225. The van der Waals surface area contributed by atoms with Gasteiger partial charge in [0.1, 0.15) is 0 Å². The van der Waals surface area contributed by atoms with Crippen molar-refractivity contribution in [2.24, 2.45) is 4.99 Å². The number of aryl methyl sites for hydroxylation is 1. The lowest BCUT2D eigenvalue weighted by Crippen LogP contribution is -2.24. The maximum atomic E-state index is 12.1. The average molecular weight is 287 g/mol. The summed E-state index contributed by atoms with van der Waals surface area (Å²) in [6.45, 7) is 3.85. The van der Waals surface area contributed by atoms with Crippen LogP contribution in [0.15, 0.2) is 40.4 Å². The van der Waals surface area contributed by atoms with E-state index < -0.39 is 0 Å². The lowest BCUT2D eigenvalue weighted by molar-refractivity contribution is -0.115. The number of aliphatic imine (C=N–C) groups is 1. The number of hydrogen-bond donors (Lipinski definition) is 1. The Morgan fingerprint density at radius 1 is 1.40 bits per heavy atom. The van der Waals surface area contributed by atoms with Gasteiger partial charge in [-0.15, -0.1) is 0 Å². The lowest BCUT2D eigenvalue weighted by Gasteiger charge is -2.16. The Morgan fingerprint density at radius 2 is 2.20 bits per heavy atom. The number of amides is 1.